The molecule has 6 nitrogen and oxygen atoms in total. The summed E-state index contributed by atoms with van der Waals surface area (Å²) in [5.41, 5.74) is 1.94. The van der Waals surface area contributed by atoms with Crippen molar-refractivity contribution in [3.63, 3.8) is 0 Å². The number of phenols is 1. The molecule has 0 aromatic heterocycles. The minimum absolute atomic E-state index is 0.0263. The number of methoxy groups -OCH3 is 1. The normalized spacial score (nSPS) is 18.9. The molecule has 3 N–H and O–H groups in total. The van der Waals surface area contributed by atoms with E-state index in [1.807, 2.05) is 6.92 Å². The number of aliphatic hydroxyl groups excluding tert-OH is 1. The summed E-state index contributed by atoms with van der Waals surface area (Å²) >= 11 is 0. The Hall–Kier alpha value is -3.28. The first kappa shape index (κ1) is 16.6. The second-order valence-corrected chi connectivity index (χ2v) is 5.80. The Morgan fingerprint density at radius 1 is 1.12 bits per heavy atom. The second-order valence-electron chi connectivity index (χ2n) is 5.80. The minimum atomic E-state index is -0.823. The van der Waals surface area contributed by atoms with E-state index in [4.69, 9.17) is 4.74 Å². The first-order valence-corrected chi connectivity index (χ1v) is 7.64. The Labute approximate surface area is 144 Å². The number of aromatic hydroxyl groups is 1. The van der Waals surface area contributed by atoms with Crippen LogP contribution in [0, 0.1) is 6.92 Å². The molecule has 0 radical (unpaired) electrons. The van der Waals surface area contributed by atoms with E-state index in [-0.39, 0.29) is 22.8 Å². The maximum atomic E-state index is 12.3. The van der Waals surface area contributed by atoms with Crippen LogP contribution in [0.4, 0.5) is 0 Å². The number of hydrogen-bond acceptors (Lipinski definition) is 5. The van der Waals surface area contributed by atoms with Gasteiger partial charge in [0.15, 0.2) is 11.5 Å². The zero-order valence-electron chi connectivity index (χ0n) is 13.7. The third-order valence-corrected chi connectivity index (χ3v) is 4.13. The van der Waals surface area contributed by atoms with Crippen molar-refractivity contribution in [2.45, 2.75) is 13.0 Å². The fourth-order valence-corrected chi connectivity index (χ4v) is 2.76. The molecule has 0 aliphatic carbocycles. The molecule has 1 saturated heterocycles. The molecule has 1 amide bonds. The van der Waals surface area contributed by atoms with Crippen molar-refractivity contribution in [2.75, 3.05) is 7.11 Å². The van der Waals surface area contributed by atoms with Gasteiger partial charge in [-0.3, -0.25) is 9.59 Å². The monoisotopic (exact) mass is 339 g/mol. The van der Waals surface area contributed by atoms with Crippen molar-refractivity contribution >= 4 is 17.4 Å². The van der Waals surface area contributed by atoms with Crippen LogP contribution >= 0.6 is 0 Å². The third-order valence-electron chi connectivity index (χ3n) is 4.13. The number of aliphatic hydroxyl groups is 1. The van der Waals surface area contributed by atoms with Crippen LogP contribution in [0.1, 0.15) is 22.7 Å². The van der Waals surface area contributed by atoms with Gasteiger partial charge in [0.25, 0.3) is 11.7 Å². The van der Waals surface area contributed by atoms with Crippen LogP contribution < -0.4 is 10.1 Å². The number of carbonyl (C=O) groups is 2. The number of amides is 1. The summed E-state index contributed by atoms with van der Waals surface area (Å²) in [6, 6.07) is 10.6. The van der Waals surface area contributed by atoms with E-state index in [1.54, 1.807) is 30.3 Å². The lowest BCUT2D eigenvalue weighted by molar-refractivity contribution is -0.133. The Bertz CT molecular complexity index is 883. The molecule has 1 unspecified atom stereocenters. The zero-order valence-corrected chi connectivity index (χ0v) is 13.7. The molecule has 3 rings (SSSR count). The van der Waals surface area contributed by atoms with Gasteiger partial charge >= 0.3 is 0 Å². The molecule has 0 saturated carbocycles. The van der Waals surface area contributed by atoms with E-state index >= 15 is 0 Å². The smallest absolute Gasteiger partial charge is 0.293 e. The summed E-state index contributed by atoms with van der Waals surface area (Å²) in [7, 11) is 1.40. The topological polar surface area (TPSA) is 95.9 Å². The van der Waals surface area contributed by atoms with Gasteiger partial charge in [0.1, 0.15) is 5.76 Å². The molecule has 0 spiro atoms. The summed E-state index contributed by atoms with van der Waals surface area (Å²) < 4.78 is 5.07. The number of carbonyl (C=O) groups excluding carboxylic acids is 2. The fraction of sp³-hybridized carbons (Fsp3) is 0.158. The molecule has 0 bridgehead atoms. The lowest BCUT2D eigenvalue weighted by Gasteiger charge is -2.15. The molecule has 1 fully saturated rings. The minimum Gasteiger partial charge on any atom is -0.507 e. The van der Waals surface area contributed by atoms with Crippen LogP contribution in [-0.4, -0.2) is 29.0 Å². The van der Waals surface area contributed by atoms with E-state index in [2.05, 4.69) is 5.32 Å². The van der Waals surface area contributed by atoms with Gasteiger partial charge in [0.2, 0.25) is 0 Å². The predicted molar refractivity (Wildman–Crippen MR) is 91.3 cm³/mol. The van der Waals surface area contributed by atoms with Crippen molar-refractivity contribution in [1.82, 2.24) is 5.32 Å². The van der Waals surface area contributed by atoms with E-state index < -0.39 is 17.7 Å². The molecule has 2 aromatic rings. The van der Waals surface area contributed by atoms with E-state index in [0.717, 1.165) is 5.56 Å². The van der Waals surface area contributed by atoms with Gasteiger partial charge in [-0.15, -0.1) is 0 Å². The van der Waals surface area contributed by atoms with Crippen molar-refractivity contribution in [3.8, 4) is 11.5 Å². The van der Waals surface area contributed by atoms with Crippen molar-refractivity contribution < 1.29 is 24.5 Å². The van der Waals surface area contributed by atoms with Crippen molar-refractivity contribution in [3.05, 3.63) is 64.7 Å². The van der Waals surface area contributed by atoms with Gasteiger partial charge in [0, 0.05) is 5.56 Å². The molecule has 1 aliphatic heterocycles. The van der Waals surface area contributed by atoms with Crippen LogP contribution in [0.3, 0.4) is 0 Å². The molecule has 128 valence electrons. The van der Waals surface area contributed by atoms with Crippen LogP contribution in [-0.2, 0) is 9.59 Å². The van der Waals surface area contributed by atoms with E-state index in [9.17, 15) is 19.8 Å². The summed E-state index contributed by atoms with van der Waals surface area (Å²) in [5, 5.41) is 22.9. The van der Waals surface area contributed by atoms with Gasteiger partial charge in [-0.25, -0.2) is 0 Å². The highest BCUT2D eigenvalue weighted by Crippen LogP contribution is 2.36. The van der Waals surface area contributed by atoms with Crippen LogP contribution in [0.5, 0.6) is 11.5 Å². The van der Waals surface area contributed by atoms with Crippen LogP contribution in [0.2, 0.25) is 0 Å². The molecule has 2 aromatic carbocycles. The highest BCUT2D eigenvalue weighted by atomic mass is 16.5. The Morgan fingerprint density at radius 2 is 1.80 bits per heavy atom. The Balaban J connectivity index is 2.12. The first-order valence-electron chi connectivity index (χ1n) is 7.64. The van der Waals surface area contributed by atoms with Gasteiger partial charge in [-0.2, -0.15) is 0 Å². The predicted octanol–water partition coefficient (Wildman–Crippen LogP) is 2.42. The standard InChI is InChI=1S/C19H17NO5/c1-10-3-5-11(6-4-10)17(22)15-16(20-19(24)18(15)23)12-7-8-13(21)14(9-12)25-2/h3-9,16,21-22H,1-2H3,(H,20,24)/b17-15-. The molecule has 6 heteroatoms. The van der Waals surface area contributed by atoms with Crippen LogP contribution in [0.15, 0.2) is 48.0 Å². The van der Waals surface area contributed by atoms with Gasteiger partial charge in [-0.1, -0.05) is 35.9 Å². The summed E-state index contributed by atoms with van der Waals surface area (Å²) in [4.78, 5) is 24.2. The van der Waals surface area contributed by atoms with Crippen molar-refractivity contribution in [2.24, 2.45) is 0 Å². The molecule has 1 atom stereocenters. The average molecular weight is 339 g/mol. The largest absolute Gasteiger partial charge is 0.507 e. The SMILES string of the molecule is COc1cc(C2NC(=O)C(=O)/C2=C(\O)c2ccc(C)cc2)ccc1O. The molecule has 1 aliphatic rings. The zero-order chi connectivity index (χ0) is 18.1. The highest BCUT2D eigenvalue weighted by Gasteiger charge is 2.39. The van der Waals surface area contributed by atoms with Gasteiger partial charge in [0.05, 0.1) is 18.7 Å². The quantitative estimate of drug-likeness (QED) is 0.453. The molecular formula is C19H17NO5. The number of Topliss-reactive ketones (excluding diaryl/α,β-unsaturated/α-hetero) is 1. The third kappa shape index (κ3) is 2.94. The summed E-state index contributed by atoms with van der Waals surface area (Å²) in [6.07, 6.45) is 0. The molecule has 1 heterocycles. The second kappa shape index (κ2) is 6.32. The Morgan fingerprint density at radius 3 is 2.44 bits per heavy atom. The number of benzene rings is 2. The van der Waals surface area contributed by atoms with Gasteiger partial charge < -0.3 is 20.3 Å². The number of hydrogen-bond donors (Lipinski definition) is 3. The number of rotatable bonds is 3. The number of phenolic OH excluding ortho intramolecular Hbond substituents is 1. The Kier molecular flexibility index (Phi) is 4.19. The lowest BCUT2D eigenvalue weighted by atomic mass is 9.95. The molecule has 25 heavy (non-hydrogen) atoms. The highest BCUT2D eigenvalue weighted by molar-refractivity contribution is 6.46. The van der Waals surface area contributed by atoms with Gasteiger partial charge in [-0.05, 0) is 24.6 Å². The molecular weight excluding hydrogens is 322 g/mol. The maximum absolute atomic E-state index is 12.3. The summed E-state index contributed by atoms with van der Waals surface area (Å²) in [5.74, 6) is -1.67. The van der Waals surface area contributed by atoms with E-state index in [0.29, 0.717) is 11.1 Å². The fourth-order valence-electron chi connectivity index (χ4n) is 2.76. The van der Waals surface area contributed by atoms with Crippen molar-refractivity contribution in [1.29, 1.82) is 0 Å². The van der Waals surface area contributed by atoms with Crippen LogP contribution in [0.25, 0.3) is 5.76 Å². The maximum Gasteiger partial charge on any atom is 0.293 e. The number of ether oxygens (including phenoxy) is 1. The van der Waals surface area contributed by atoms with E-state index in [1.165, 1.54) is 19.2 Å². The number of aryl methyl sites for hydroxylation is 1. The summed E-state index contributed by atoms with van der Waals surface area (Å²) in [6.45, 7) is 1.91. The first-order chi connectivity index (χ1) is 11.9. The number of nitrogens with one attached hydrogen (secondary N) is 1. The number of ketones is 1. The average Bonchev–Trinajstić information content (AvgIpc) is 2.90. The lowest BCUT2D eigenvalue weighted by Crippen LogP contribution is -2.21.